The molecule has 1 aromatic heterocycles. The smallest absolute Gasteiger partial charge is 0.243 e. The minimum Gasteiger partial charge on any atom is -0.493 e. The normalized spacial score (nSPS) is 14.8. The maximum absolute atomic E-state index is 13.2. The Labute approximate surface area is 211 Å². The number of anilines is 1. The molecule has 1 aliphatic rings. The maximum Gasteiger partial charge on any atom is 0.243 e. The van der Waals surface area contributed by atoms with Crippen LogP contribution >= 0.6 is 0 Å². The van der Waals surface area contributed by atoms with Crippen LogP contribution in [0.2, 0.25) is 0 Å². The van der Waals surface area contributed by atoms with Gasteiger partial charge in [-0.1, -0.05) is 25.1 Å². The summed E-state index contributed by atoms with van der Waals surface area (Å²) in [6.45, 7) is 6.86. The van der Waals surface area contributed by atoms with E-state index >= 15 is 0 Å². The predicted molar refractivity (Wildman–Crippen MR) is 138 cm³/mol. The summed E-state index contributed by atoms with van der Waals surface area (Å²) < 4.78 is 10.6. The third-order valence-corrected chi connectivity index (χ3v) is 6.52. The number of amides is 1. The summed E-state index contributed by atoms with van der Waals surface area (Å²) in [4.78, 5) is 27.3. The number of nitrogens with zero attached hydrogens (tertiary/aromatic N) is 5. The number of fused-ring (bicyclic) bond motifs is 1. The van der Waals surface area contributed by atoms with Crippen LogP contribution in [0.15, 0.2) is 42.5 Å². The lowest BCUT2D eigenvalue weighted by Gasteiger charge is -2.35. The Hall–Kier alpha value is -3.90. The number of carbonyl (C=O) groups is 1. The summed E-state index contributed by atoms with van der Waals surface area (Å²) in [5.74, 6) is 0.459. The number of methoxy groups -OCH3 is 2. The van der Waals surface area contributed by atoms with E-state index in [1.807, 2.05) is 42.5 Å². The van der Waals surface area contributed by atoms with Gasteiger partial charge in [0, 0.05) is 32.7 Å². The van der Waals surface area contributed by atoms with Crippen molar-refractivity contribution >= 4 is 22.8 Å². The first kappa shape index (κ1) is 25.2. The molecule has 0 aliphatic carbocycles. The third-order valence-electron chi connectivity index (χ3n) is 6.52. The van der Waals surface area contributed by atoms with Crippen LogP contribution in [0.25, 0.3) is 11.0 Å². The molecule has 1 atom stereocenters. The molecular formula is C27H32N6O3. The summed E-state index contributed by atoms with van der Waals surface area (Å²) in [5, 5.41) is 12.9. The van der Waals surface area contributed by atoms with Crippen LogP contribution in [0.1, 0.15) is 24.1 Å². The summed E-state index contributed by atoms with van der Waals surface area (Å²) >= 11 is 0. The Morgan fingerprint density at radius 1 is 1.06 bits per heavy atom. The molecule has 0 bridgehead atoms. The molecule has 0 saturated carbocycles. The zero-order valence-corrected chi connectivity index (χ0v) is 21.0. The molecule has 2 heterocycles. The lowest BCUT2D eigenvalue weighted by atomic mass is 10.0. The molecule has 1 aliphatic heterocycles. The molecule has 9 heteroatoms. The first-order valence-corrected chi connectivity index (χ1v) is 12.2. The molecular weight excluding hydrogens is 456 g/mol. The highest BCUT2D eigenvalue weighted by Gasteiger charge is 2.30. The van der Waals surface area contributed by atoms with Crippen molar-refractivity contribution in [3.05, 3.63) is 53.7 Å². The molecule has 1 unspecified atom stereocenters. The monoisotopic (exact) mass is 488 g/mol. The third kappa shape index (κ3) is 5.50. The number of rotatable bonds is 9. The summed E-state index contributed by atoms with van der Waals surface area (Å²) in [7, 11) is 3.18. The number of hydrogen-bond acceptors (Lipinski definition) is 8. The second-order valence-corrected chi connectivity index (χ2v) is 8.63. The van der Waals surface area contributed by atoms with Gasteiger partial charge in [-0.2, -0.15) is 5.26 Å². The van der Waals surface area contributed by atoms with Gasteiger partial charge in [0.1, 0.15) is 5.69 Å². The van der Waals surface area contributed by atoms with Crippen LogP contribution in [-0.4, -0.2) is 74.3 Å². The number of ether oxygens (including phenoxy) is 2. The van der Waals surface area contributed by atoms with Crippen LogP contribution in [-0.2, 0) is 11.2 Å². The van der Waals surface area contributed by atoms with Crippen LogP contribution in [0, 0.1) is 11.3 Å². The fraction of sp³-hybridized carbons (Fsp3) is 0.407. The quantitative estimate of drug-likeness (QED) is 0.490. The van der Waals surface area contributed by atoms with E-state index in [0.717, 1.165) is 43.8 Å². The standard InChI is InChI=1S/C27H32N6O3/c1-4-32-13-15-33(16-14-32)26-25(30-21-7-5-6-8-22(21)31-26)20(18-28)27(34)29-12-11-19-9-10-23(35-2)24(17-19)36-3/h5-10,17,20H,4,11-16H2,1-3H3,(H,29,34). The number of nitrogens with one attached hydrogen (secondary N) is 1. The van der Waals surface area contributed by atoms with E-state index in [1.54, 1.807) is 14.2 Å². The van der Waals surface area contributed by atoms with Crippen LogP contribution in [0.5, 0.6) is 11.5 Å². The van der Waals surface area contributed by atoms with E-state index in [2.05, 4.69) is 28.1 Å². The average molecular weight is 489 g/mol. The van der Waals surface area contributed by atoms with E-state index in [-0.39, 0.29) is 5.91 Å². The topological polar surface area (TPSA) is 104 Å². The second kappa shape index (κ2) is 11.7. The van der Waals surface area contributed by atoms with Crippen molar-refractivity contribution in [2.75, 3.05) is 58.4 Å². The minimum absolute atomic E-state index is 0.373. The molecule has 1 amide bonds. The zero-order chi connectivity index (χ0) is 25.5. The van der Waals surface area contributed by atoms with E-state index in [9.17, 15) is 10.1 Å². The van der Waals surface area contributed by atoms with Gasteiger partial charge in [-0.15, -0.1) is 0 Å². The fourth-order valence-corrected chi connectivity index (χ4v) is 4.42. The van der Waals surface area contributed by atoms with Crippen molar-refractivity contribution in [2.24, 2.45) is 0 Å². The van der Waals surface area contributed by atoms with Gasteiger partial charge in [0.25, 0.3) is 0 Å². The van der Waals surface area contributed by atoms with Gasteiger partial charge < -0.3 is 24.6 Å². The van der Waals surface area contributed by atoms with Crippen LogP contribution in [0.3, 0.4) is 0 Å². The molecule has 2 aromatic carbocycles. The number of hydrogen-bond donors (Lipinski definition) is 1. The van der Waals surface area contributed by atoms with E-state index < -0.39 is 5.92 Å². The molecule has 188 valence electrons. The molecule has 1 fully saturated rings. The largest absolute Gasteiger partial charge is 0.493 e. The predicted octanol–water partition coefficient (Wildman–Crippen LogP) is 2.75. The number of benzene rings is 2. The SMILES string of the molecule is CCN1CCN(c2nc3ccccc3nc2C(C#N)C(=O)NCCc2ccc(OC)c(OC)c2)CC1. The van der Waals surface area contributed by atoms with Crippen LogP contribution in [0.4, 0.5) is 5.82 Å². The van der Waals surface area contributed by atoms with E-state index in [1.165, 1.54) is 0 Å². The summed E-state index contributed by atoms with van der Waals surface area (Å²) in [5.41, 5.74) is 2.81. The Morgan fingerprint density at radius 2 is 1.75 bits per heavy atom. The first-order chi connectivity index (χ1) is 17.6. The number of likely N-dealkylation sites (N-methyl/N-ethyl adjacent to an activating group) is 1. The number of nitriles is 1. The van der Waals surface area contributed by atoms with E-state index in [0.29, 0.717) is 41.5 Å². The van der Waals surface area contributed by atoms with Crippen molar-refractivity contribution in [1.29, 1.82) is 5.26 Å². The molecule has 0 spiro atoms. The van der Waals surface area contributed by atoms with Gasteiger partial charge in [-0.25, -0.2) is 9.97 Å². The Balaban J connectivity index is 1.53. The van der Waals surface area contributed by atoms with Gasteiger partial charge in [0.2, 0.25) is 5.91 Å². The number of piperazine rings is 1. The lowest BCUT2D eigenvalue weighted by molar-refractivity contribution is -0.121. The number of carbonyl (C=O) groups excluding carboxylic acids is 1. The highest BCUT2D eigenvalue weighted by atomic mass is 16.5. The Kier molecular flexibility index (Phi) is 8.18. The lowest BCUT2D eigenvalue weighted by Crippen LogP contribution is -2.47. The highest BCUT2D eigenvalue weighted by molar-refractivity contribution is 5.88. The Bertz CT molecular complexity index is 1250. The molecule has 9 nitrogen and oxygen atoms in total. The van der Waals surface area contributed by atoms with Gasteiger partial charge in [0.15, 0.2) is 23.2 Å². The first-order valence-electron chi connectivity index (χ1n) is 12.2. The molecule has 3 aromatic rings. The van der Waals surface area contributed by atoms with Gasteiger partial charge >= 0.3 is 0 Å². The zero-order valence-electron chi connectivity index (χ0n) is 21.0. The Morgan fingerprint density at radius 3 is 2.39 bits per heavy atom. The fourth-order valence-electron chi connectivity index (χ4n) is 4.42. The number of para-hydroxylation sites is 2. The molecule has 1 saturated heterocycles. The van der Waals surface area contributed by atoms with Crippen molar-refractivity contribution in [1.82, 2.24) is 20.2 Å². The maximum atomic E-state index is 13.2. The highest BCUT2D eigenvalue weighted by Crippen LogP contribution is 2.29. The van der Waals surface area contributed by atoms with Crippen molar-refractivity contribution < 1.29 is 14.3 Å². The van der Waals surface area contributed by atoms with Crippen molar-refractivity contribution in [3.8, 4) is 17.6 Å². The molecule has 0 radical (unpaired) electrons. The average Bonchev–Trinajstić information content (AvgIpc) is 2.93. The minimum atomic E-state index is -1.06. The van der Waals surface area contributed by atoms with Gasteiger partial charge in [-0.05, 0) is 42.8 Å². The molecule has 4 rings (SSSR count). The van der Waals surface area contributed by atoms with Crippen molar-refractivity contribution in [3.63, 3.8) is 0 Å². The summed E-state index contributed by atoms with van der Waals surface area (Å²) in [6, 6.07) is 15.4. The second-order valence-electron chi connectivity index (χ2n) is 8.63. The van der Waals surface area contributed by atoms with Crippen molar-refractivity contribution in [2.45, 2.75) is 19.3 Å². The summed E-state index contributed by atoms with van der Waals surface area (Å²) in [6.07, 6.45) is 0.583. The van der Waals surface area contributed by atoms with E-state index in [4.69, 9.17) is 19.4 Å². The van der Waals surface area contributed by atoms with Gasteiger partial charge in [0.05, 0.1) is 31.3 Å². The van der Waals surface area contributed by atoms with Crippen LogP contribution < -0.4 is 19.7 Å². The number of aromatic nitrogens is 2. The molecule has 1 N–H and O–H groups in total. The van der Waals surface area contributed by atoms with Gasteiger partial charge in [-0.3, -0.25) is 4.79 Å². The molecule has 36 heavy (non-hydrogen) atoms.